The fraction of sp³-hybridized carbons (Fsp3) is 0.289. The molecule has 1 atom stereocenters. The Hall–Kier alpha value is -4.91. The molecule has 7 heteroatoms. The Morgan fingerprint density at radius 2 is 1.40 bits per heavy atom. The molecule has 45 heavy (non-hydrogen) atoms. The molecule has 0 radical (unpaired) electrons. The van der Waals surface area contributed by atoms with Crippen LogP contribution in [-0.4, -0.2) is 44.0 Å². The fourth-order valence-electron chi connectivity index (χ4n) is 5.05. The van der Waals surface area contributed by atoms with Gasteiger partial charge in [-0.2, -0.15) is 0 Å². The maximum Gasteiger partial charge on any atom is 0.328 e. The average molecular weight is 607 g/mol. The highest BCUT2D eigenvalue weighted by Crippen LogP contribution is 2.22. The zero-order valence-corrected chi connectivity index (χ0v) is 25.9. The van der Waals surface area contributed by atoms with Gasteiger partial charge in [0.2, 0.25) is 5.91 Å². The van der Waals surface area contributed by atoms with Gasteiger partial charge in [-0.1, -0.05) is 91.3 Å². The lowest BCUT2D eigenvalue weighted by atomic mass is 10.00. The zero-order chi connectivity index (χ0) is 31.7. The number of carbonyl (C=O) groups is 3. The number of benzene rings is 4. The number of para-hydroxylation sites is 1. The van der Waals surface area contributed by atoms with Crippen LogP contribution in [0.5, 0.6) is 5.75 Å². The van der Waals surface area contributed by atoms with Crippen molar-refractivity contribution in [2.75, 3.05) is 25.6 Å². The van der Waals surface area contributed by atoms with Gasteiger partial charge in [0, 0.05) is 36.2 Å². The number of carbonyl (C=O) groups excluding carboxylic acids is 3. The topological polar surface area (TPSA) is 93.7 Å². The van der Waals surface area contributed by atoms with Crippen molar-refractivity contribution in [2.24, 2.45) is 0 Å². The van der Waals surface area contributed by atoms with Gasteiger partial charge >= 0.3 is 5.97 Å². The Morgan fingerprint density at radius 3 is 2.13 bits per heavy atom. The van der Waals surface area contributed by atoms with E-state index in [0.717, 1.165) is 31.2 Å². The lowest BCUT2D eigenvalue weighted by Crippen LogP contribution is -2.33. The molecule has 0 bridgehead atoms. The first kappa shape index (κ1) is 33.0. The van der Waals surface area contributed by atoms with Gasteiger partial charge in [-0.05, 0) is 61.1 Å². The quantitative estimate of drug-likeness (QED) is 0.0735. The minimum absolute atomic E-state index is 0.0832. The van der Waals surface area contributed by atoms with E-state index in [0.29, 0.717) is 55.0 Å². The van der Waals surface area contributed by atoms with Crippen molar-refractivity contribution >= 4 is 23.3 Å². The normalized spacial score (nSPS) is 11.3. The molecule has 0 aliphatic heterocycles. The van der Waals surface area contributed by atoms with Gasteiger partial charge in [0.15, 0.2) is 5.78 Å². The molecule has 1 amide bonds. The molecule has 0 spiro atoms. The summed E-state index contributed by atoms with van der Waals surface area (Å²) in [6.07, 6.45) is 5.69. The first-order chi connectivity index (χ1) is 22.0. The summed E-state index contributed by atoms with van der Waals surface area (Å²) in [7, 11) is 1.35. The number of ketones is 1. The number of methoxy groups -OCH3 is 1. The van der Waals surface area contributed by atoms with Crippen LogP contribution in [0.2, 0.25) is 0 Å². The third-order valence-corrected chi connectivity index (χ3v) is 7.51. The predicted molar refractivity (Wildman–Crippen MR) is 178 cm³/mol. The SMILES string of the molecule is COC(=O)C(Cc1ccc(OCCCNC(=O)CCCCCc2ccccc2)cc1)Nc1ccccc1C(=O)c1ccccc1. The van der Waals surface area contributed by atoms with Crippen molar-refractivity contribution in [1.29, 1.82) is 0 Å². The molecule has 4 rings (SSSR count). The molecular weight excluding hydrogens is 564 g/mol. The van der Waals surface area contributed by atoms with Crippen molar-refractivity contribution in [1.82, 2.24) is 5.32 Å². The van der Waals surface area contributed by atoms with Crippen LogP contribution in [0.1, 0.15) is 59.2 Å². The summed E-state index contributed by atoms with van der Waals surface area (Å²) in [5.41, 5.74) is 3.87. The van der Waals surface area contributed by atoms with Gasteiger partial charge in [0.05, 0.1) is 13.7 Å². The first-order valence-corrected chi connectivity index (χ1v) is 15.6. The van der Waals surface area contributed by atoms with Crippen LogP contribution in [0.3, 0.4) is 0 Å². The minimum Gasteiger partial charge on any atom is -0.494 e. The molecule has 0 saturated heterocycles. The number of anilines is 1. The van der Waals surface area contributed by atoms with E-state index < -0.39 is 12.0 Å². The number of nitrogens with one attached hydrogen (secondary N) is 2. The lowest BCUT2D eigenvalue weighted by molar-refractivity contribution is -0.141. The molecule has 0 heterocycles. The predicted octanol–water partition coefficient (Wildman–Crippen LogP) is 6.80. The second-order valence-corrected chi connectivity index (χ2v) is 10.9. The zero-order valence-electron chi connectivity index (χ0n) is 25.9. The van der Waals surface area contributed by atoms with E-state index in [1.165, 1.54) is 12.7 Å². The molecule has 0 fully saturated rings. The van der Waals surface area contributed by atoms with Crippen molar-refractivity contribution in [3.8, 4) is 5.75 Å². The Balaban J connectivity index is 1.18. The van der Waals surface area contributed by atoms with Crippen molar-refractivity contribution in [3.05, 3.63) is 131 Å². The number of hydrogen-bond acceptors (Lipinski definition) is 6. The molecule has 0 aromatic heterocycles. The Morgan fingerprint density at radius 1 is 0.711 bits per heavy atom. The molecule has 1 unspecified atom stereocenters. The van der Waals surface area contributed by atoms with E-state index in [-0.39, 0.29) is 11.7 Å². The largest absolute Gasteiger partial charge is 0.494 e. The molecule has 234 valence electrons. The molecular formula is C38H42N2O5. The van der Waals surface area contributed by atoms with Gasteiger partial charge in [0.1, 0.15) is 11.8 Å². The molecule has 4 aromatic carbocycles. The molecule has 2 N–H and O–H groups in total. The second kappa shape index (κ2) is 18.0. The summed E-state index contributed by atoms with van der Waals surface area (Å²) in [6.45, 7) is 1.05. The summed E-state index contributed by atoms with van der Waals surface area (Å²) in [4.78, 5) is 38.0. The summed E-state index contributed by atoms with van der Waals surface area (Å²) in [5.74, 6) is 0.245. The maximum atomic E-state index is 13.2. The number of esters is 1. The monoisotopic (exact) mass is 606 g/mol. The van der Waals surface area contributed by atoms with Gasteiger partial charge in [-0.3, -0.25) is 9.59 Å². The Labute approximate surface area is 266 Å². The Bertz CT molecular complexity index is 1490. The highest BCUT2D eigenvalue weighted by atomic mass is 16.5. The maximum absolute atomic E-state index is 13.2. The molecule has 0 saturated carbocycles. The van der Waals surface area contributed by atoms with Crippen LogP contribution in [0.25, 0.3) is 0 Å². The van der Waals surface area contributed by atoms with E-state index in [2.05, 4.69) is 34.9 Å². The molecule has 7 nitrogen and oxygen atoms in total. The van der Waals surface area contributed by atoms with Crippen LogP contribution in [-0.2, 0) is 27.2 Å². The van der Waals surface area contributed by atoms with Crippen molar-refractivity contribution in [2.45, 2.75) is 51.0 Å². The van der Waals surface area contributed by atoms with Gasteiger partial charge in [0.25, 0.3) is 0 Å². The second-order valence-electron chi connectivity index (χ2n) is 10.9. The molecule has 0 aliphatic rings. The highest BCUT2D eigenvalue weighted by Gasteiger charge is 2.22. The van der Waals surface area contributed by atoms with Crippen LogP contribution in [0, 0.1) is 0 Å². The number of unbranched alkanes of at least 4 members (excludes halogenated alkanes) is 2. The average Bonchev–Trinajstić information content (AvgIpc) is 3.08. The number of aryl methyl sites for hydroxylation is 1. The smallest absolute Gasteiger partial charge is 0.328 e. The standard InChI is InChI=1S/C38H42N2O5/c1-44-38(43)35(40-34-20-12-11-19-33(34)37(42)31-17-8-4-9-18-31)28-30-22-24-32(25-23-30)45-27-13-26-39-36(41)21-10-3-7-16-29-14-5-2-6-15-29/h2,4-6,8-9,11-12,14-15,17-20,22-25,35,40H,3,7,10,13,16,21,26-28H2,1H3,(H,39,41). The fourth-order valence-corrected chi connectivity index (χ4v) is 5.05. The number of ether oxygens (including phenoxy) is 2. The van der Waals surface area contributed by atoms with Gasteiger partial charge in [-0.25, -0.2) is 4.79 Å². The first-order valence-electron chi connectivity index (χ1n) is 15.6. The van der Waals surface area contributed by atoms with Crippen molar-refractivity contribution < 1.29 is 23.9 Å². The third kappa shape index (κ3) is 10.9. The van der Waals surface area contributed by atoms with Crippen LogP contribution >= 0.6 is 0 Å². The van der Waals surface area contributed by atoms with Gasteiger partial charge < -0.3 is 20.1 Å². The minimum atomic E-state index is -0.695. The Kier molecular flexibility index (Phi) is 13.2. The van der Waals surface area contributed by atoms with Crippen LogP contribution in [0.4, 0.5) is 5.69 Å². The summed E-state index contributed by atoms with van der Waals surface area (Å²) in [5, 5.41) is 6.21. The van der Waals surface area contributed by atoms with Crippen LogP contribution < -0.4 is 15.4 Å². The summed E-state index contributed by atoms with van der Waals surface area (Å²) < 4.78 is 10.9. The molecule has 4 aromatic rings. The number of hydrogen-bond donors (Lipinski definition) is 2. The molecule has 0 aliphatic carbocycles. The van der Waals surface area contributed by atoms with Crippen LogP contribution in [0.15, 0.2) is 109 Å². The highest BCUT2D eigenvalue weighted by molar-refractivity contribution is 6.12. The van der Waals surface area contributed by atoms with E-state index in [9.17, 15) is 14.4 Å². The van der Waals surface area contributed by atoms with Gasteiger partial charge in [-0.15, -0.1) is 0 Å². The van der Waals surface area contributed by atoms with E-state index >= 15 is 0 Å². The van der Waals surface area contributed by atoms with E-state index in [1.807, 2.05) is 54.6 Å². The third-order valence-electron chi connectivity index (χ3n) is 7.51. The number of rotatable bonds is 18. The lowest BCUT2D eigenvalue weighted by Gasteiger charge is -2.20. The van der Waals surface area contributed by atoms with Crippen molar-refractivity contribution in [3.63, 3.8) is 0 Å². The summed E-state index contributed by atoms with van der Waals surface area (Å²) >= 11 is 0. The summed E-state index contributed by atoms with van der Waals surface area (Å²) in [6, 6.07) is 33.5. The van der Waals surface area contributed by atoms with E-state index in [1.54, 1.807) is 30.3 Å². The van der Waals surface area contributed by atoms with E-state index in [4.69, 9.17) is 9.47 Å². The number of amides is 1.